The summed E-state index contributed by atoms with van der Waals surface area (Å²) in [5.74, 6) is -4.10. The molecular formula is C13H12FNO4. The van der Waals surface area contributed by atoms with E-state index in [0.29, 0.717) is 0 Å². The predicted molar refractivity (Wildman–Crippen MR) is 62.9 cm³/mol. The molecule has 1 rings (SSSR count). The van der Waals surface area contributed by atoms with E-state index in [0.717, 1.165) is 12.1 Å². The molecule has 1 aromatic rings. The van der Waals surface area contributed by atoms with Gasteiger partial charge in [0.25, 0.3) is 5.78 Å². The van der Waals surface area contributed by atoms with E-state index in [1.165, 1.54) is 20.1 Å². The average Bonchev–Trinajstić information content (AvgIpc) is 2.40. The Labute approximate surface area is 109 Å². The van der Waals surface area contributed by atoms with Gasteiger partial charge >= 0.3 is 5.97 Å². The van der Waals surface area contributed by atoms with Crippen molar-refractivity contribution in [1.82, 2.24) is 0 Å². The van der Waals surface area contributed by atoms with E-state index in [2.05, 4.69) is 4.74 Å². The fraction of sp³-hybridized carbons (Fsp3) is 0.308. The lowest BCUT2D eigenvalue weighted by Crippen LogP contribution is -2.24. The van der Waals surface area contributed by atoms with Gasteiger partial charge in [-0.3, -0.25) is 4.79 Å². The van der Waals surface area contributed by atoms with Gasteiger partial charge in [0.2, 0.25) is 0 Å². The summed E-state index contributed by atoms with van der Waals surface area (Å²) in [4.78, 5) is 23.1. The normalized spacial score (nSPS) is 11.3. The van der Waals surface area contributed by atoms with Gasteiger partial charge in [-0.2, -0.15) is 5.26 Å². The van der Waals surface area contributed by atoms with Crippen LogP contribution < -0.4 is 4.74 Å². The molecule has 6 heteroatoms. The van der Waals surface area contributed by atoms with E-state index >= 15 is 0 Å². The molecule has 0 aliphatic heterocycles. The van der Waals surface area contributed by atoms with Gasteiger partial charge in [0.15, 0.2) is 0 Å². The summed E-state index contributed by atoms with van der Waals surface area (Å²) in [7, 11) is 1.32. The van der Waals surface area contributed by atoms with Gasteiger partial charge in [-0.25, -0.2) is 9.18 Å². The molecule has 1 atom stereocenters. The van der Waals surface area contributed by atoms with Gasteiger partial charge in [0, 0.05) is 5.56 Å². The standard InChI is InChI=1S/C13H12FNO4/c1-3-19-13(17)12(16)10(7-15)9-6-8(14)4-5-11(9)18-2/h4-6,10H,3H2,1-2H3. The zero-order valence-electron chi connectivity index (χ0n) is 10.5. The van der Waals surface area contributed by atoms with Crippen molar-refractivity contribution < 1.29 is 23.5 Å². The molecule has 100 valence electrons. The fourth-order valence-corrected chi connectivity index (χ4v) is 1.52. The van der Waals surface area contributed by atoms with Crippen LogP contribution in [0.4, 0.5) is 4.39 Å². The van der Waals surface area contributed by atoms with Crippen molar-refractivity contribution >= 4 is 11.8 Å². The highest BCUT2D eigenvalue weighted by molar-refractivity contribution is 6.36. The summed E-state index contributed by atoms with van der Waals surface area (Å²) in [6, 6.07) is 5.07. The summed E-state index contributed by atoms with van der Waals surface area (Å²) >= 11 is 0. The minimum Gasteiger partial charge on any atom is -0.496 e. The number of ketones is 1. The number of benzene rings is 1. The number of hydrogen-bond donors (Lipinski definition) is 0. The minimum atomic E-state index is -1.45. The fourth-order valence-electron chi connectivity index (χ4n) is 1.52. The number of ether oxygens (including phenoxy) is 2. The summed E-state index contributed by atoms with van der Waals surface area (Å²) in [5, 5.41) is 9.02. The molecule has 0 saturated heterocycles. The molecular weight excluding hydrogens is 253 g/mol. The third-order valence-electron chi connectivity index (χ3n) is 2.37. The van der Waals surface area contributed by atoms with Gasteiger partial charge in [-0.05, 0) is 25.1 Å². The van der Waals surface area contributed by atoms with Crippen LogP contribution in [-0.4, -0.2) is 25.5 Å². The van der Waals surface area contributed by atoms with Gasteiger partial charge in [0.1, 0.15) is 17.5 Å². The zero-order chi connectivity index (χ0) is 14.4. The first-order valence-corrected chi connectivity index (χ1v) is 5.49. The van der Waals surface area contributed by atoms with E-state index in [9.17, 15) is 14.0 Å². The Morgan fingerprint density at radius 3 is 2.68 bits per heavy atom. The van der Waals surface area contributed by atoms with Crippen LogP contribution in [0.3, 0.4) is 0 Å². The van der Waals surface area contributed by atoms with Gasteiger partial charge < -0.3 is 9.47 Å². The van der Waals surface area contributed by atoms with Crippen molar-refractivity contribution in [3.8, 4) is 11.8 Å². The van der Waals surface area contributed by atoms with E-state index in [4.69, 9.17) is 10.00 Å². The van der Waals surface area contributed by atoms with Crippen molar-refractivity contribution in [3.05, 3.63) is 29.6 Å². The van der Waals surface area contributed by atoms with Crippen LogP contribution >= 0.6 is 0 Å². The molecule has 0 aromatic heterocycles. The maximum atomic E-state index is 13.2. The zero-order valence-corrected chi connectivity index (χ0v) is 10.5. The second kappa shape index (κ2) is 6.50. The lowest BCUT2D eigenvalue weighted by atomic mass is 9.95. The van der Waals surface area contributed by atoms with Crippen LogP contribution in [0.25, 0.3) is 0 Å². The maximum Gasteiger partial charge on any atom is 0.376 e. The first kappa shape index (κ1) is 14.6. The summed E-state index contributed by atoms with van der Waals surface area (Å²) in [6.07, 6.45) is 0. The Bertz CT molecular complexity index is 536. The molecule has 0 amide bonds. The molecule has 19 heavy (non-hydrogen) atoms. The largest absolute Gasteiger partial charge is 0.496 e. The van der Waals surface area contributed by atoms with Crippen LogP contribution in [0.1, 0.15) is 18.4 Å². The molecule has 5 nitrogen and oxygen atoms in total. The summed E-state index contributed by atoms with van der Waals surface area (Å²) < 4.78 is 22.7. The van der Waals surface area contributed by atoms with Crippen molar-refractivity contribution in [1.29, 1.82) is 5.26 Å². The topological polar surface area (TPSA) is 76.4 Å². The number of nitriles is 1. The second-order valence-electron chi connectivity index (χ2n) is 3.53. The Morgan fingerprint density at radius 2 is 2.16 bits per heavy atom. The number of carbonyl (C=O) groups is 2. The first-order valence-electron chi connectivity index (χ1n) is 5.49. The third-order valence-corrected chi connectivity index (χ3v) is 2.37. The molecule has 0 N–H and O–H groups in total. The van der Waals surface area contributed by atoms with E-state index in [1.807, 2.05) is 0 Å². The van der Waals surface area contributed by atoms with Crippen LogP contribution in [0, 0.1) is 17.1 Å². The number of methoxy groups -OCH3 is 1. The van der Waals surface area contributed by atoms with E-state index in [-0.39, 0.29) is 17.9 Å². The average molecular weight is 265 g/mol. The minimum absolute atomic E-state index is 0.00283. The monoisotopic (exact) mass is 265 g/mol. The number of Topliss-reactive ketones (excluding diaryl/α,β-unsaturated/α-hetero) is 1. The lowest BCUT2D eigenvalue weighted by molar-refractivity contribution is -0.153. The highest BCUT2D eigenvalue weighted by atomic mass is 19.1. The summed E-state index contributed by atoms with van der Waals surface area (Å²) in [6.45, 7) is 1.55. The molecule has 0 radical (unpaired) electrons. The van der Waals surface area contributed by atoms with Crippen molar-refractivity contribution in [2.75, 3.05) is 13.7 Å². The molecule has 0 bridgehead atoms. The number of halogens is 1. The number of rotatable bonds is 5. The number of hydrogen-bond acceptors (Lipinski definition) is 5. The number of esters is 1. The molecule has 0 spiro atoms. The van der Waals surface area contributed by atoms with Crippen molar-refractivity contribution in [2.24, 2.45) is 0 Å². The Balaban J connectivity index is 3.17. The van der Waals surface area contributed by atoms with E-state index in [1.54, 1.807) is 6.07 Å². The molecule has 0 aliphatic rings. The molecule has 1 unspecified atom stereocenters. The second-order valence-corrected chi connectivity index (χ2v) is 3.53. The van der Waals surface area contributed by atoms with Crippen LogP contribution in [-0.2, 0) is 14.3 Å². The third kappa shape index (κ3) is 3.28. The maximum absolute atomic E-state index is 13.2. The summed E-state index contributed by atoms with van der Waals surface area (Å²) in [5.41, 5.74) is 0.00283. The Hall–Kier alpha value is -2.42. The quantitative estimate of drug-likeness (QED) is 0.596. The van der Waals surface area contributed by atoms with Crippen LogP contribution in [0.5, 0.6) is 5.75 Å². The smallest absolute Gasteiger partial charge is 0.376 e. The Kier molecular flexibility index (Phi) is 5.01. The predicted octanol–water partition coefficient (Wildman–Crippen LogP) is 1.57. The molecule has 0 aliphatic carbocycles. The van der Waals surface area contributed by atoms with Gasteiger partial charge in [0.05, 0.1) is 19.8 Å². The van der Waals surface area contributed by atoms with Crippen molar-refractivity contribution in [3.63, 3.8) is 0 Å². The highest BCUT2D eigenvalue weighted by Gasteiger charge is 2.30. The van der Waals surface area contributed by atoms with E-state index < -0.39 is 23.5 Å². The molecule has 0 heterocycles. The molecule has 0 saturated carbocycles. The SMILES string of the molecule is CCOC(=O)C(=O)C(C#N)c1cc(F)ccc1OC. The molecule has 0 fully saturated rings. The highest BCUT2D eigenvalue weighted by Crippen LogP contribution is 2.28. The lowest BCUT2D eigenvalue weighted by Gasteiger charge is -2.12. The van der Waals surface area contributed by atoms with Crippen molar-refractivity contribution in [2.45, 2.75) is 12.8 Å². The first-order chi connectivity index (χ1) is 9.04. The van der Waals surface area contributed by atoms with Crippen LogP contribution in [0.15, 0.2) is 18.2 Å². The molecule has 1 aromatic carbocycles. The Morgan fingerprint density at radius 1 is 1.47 bits per heavy atom. The van der Waals surface area contributed by atoms with Gasteiger partial charge in [-0.1, -0.05) is 0 Å². The number of nitrogens with zero attached hydrogens (tertiary/aromatic N) is 1. The van der Waals surface area contributed by atoms with Crippen LogP contribution in [0.2, 0.25) is 0 Å². The van der Waals surface area contributed by atoms with Gasteiger partial charge in [-0.15, -0.1) is 0 Å². The number of carbonyl (C=O) groups excluding carboxylic acids is 2.